The fourth-order valence-corrected chi connectivity index (χ4v) is 3.42. The molecule has 0 bridgehead atoms. The number of likely N-dealkylation sites (tertiary alicyclic amines) is 1. The number of hydrogen-bond donors (Lipinski definition) is 1. The maximum absolute atomic E-state index is 12.4. The minimum atomic E-state index is -0.120. The molecule has 3 rings (SSSR count). The van der Waals surface area contributed by atoms with E-state index in [1.807, 2.05) is 24.0 Å². The molecule has 2 aliphatic rings. The summed E-state index contributed by atoms with van der Waals surface area (Å²) in [4.78, 5) is 30.4. The van der Waals surface area contributed by atoms with Crippen molar-refractivity contribution in [3.05, 3.63) is 28.8 Å². The lowest BCUT2D eigenvalue weighted by molar-refractivity contribution is -0.131. The van der Waals surface area contributed by atoms with Crippen molar-refractivity contribution >= 4 is 29.2 Å². The molecule has 0 aromatic heterocycles. The second kappa shape index (κ2) is 8.06. The number of rotatable bonds is 3. The molecule has 2 heterocycles. The average Bonchev–Trinajstić information content (AvgIpc) is 3.13. The zero-order chi connectivity index (χ0) is 17.8. The first-order valence-corrected chi connectivity index (χ1v) is 9.23. The van der Waals surface area contributed by atoms with E-state index in [-0.39, 0.29) is 11.9 Å². The van der Waals surface area contributed by atoms with Gasteiger partial charge in [-0.1, -0.05) is 17.7 Å². The summed E-state index contributed by atoms with van der Waals surface area (Å²) >= 11 is 6.10. The molecule has 0 atom stereocenters. The van der Waals surface area contributed by atoms with Crippen molar-refractivity contribution in [2.75, 3.05) is 51.1 Å². The van der Waals surface area contributed by atoms with Crippen LogP contribution in [0.15, 0.2) is 18.2 Å². The van der Waals surface area contributed by atoms with Crippen LogP contribution in [0.2, 0.25) is 5.02 Å². The number of nitrogens with one attached hydrogen (secondary N) is 1. The fraction of sp³-hybridized carbons (Fsp3) is 0.556. The van der Waals surface area contributed by atoms with E-state index in [1.54, 1.807) is 11.0 Å². The number of hydrogen-bond acceptors (Lipinski definition) is 3. The normalized spacial score (nSPS) is 18.5. The number of urea groups is 1. The molecule has 0 unspecified atom stereocenters. The van der Waals surface area contributed by atoms with Crippen LogP contribution in [0, 0.1) is 6.92 Å². The molecule has 2 fully saturated rings. The fourth-order valence-electron chi connectivity index (χ4n) is 3.24. The molecule has 1 aromatic carbocycles. The predicted molar refractivity (Wildman–Crippen MR) is 99.0 cm³/mol. The van der Waals surface area contributed by atoms with Crippen molar-refractivity contribution in [2.45, 2.75) is 19.8 Å². The Morgan fingerprint density at radius 3 is 2.36 bits per heavy atom. The van der Waals surface area contributed by atoms with Gasteiger partial charge in [0.2, 0.25) is 5.91 Å². The molecule has 1 aromatic rings. The van der Waals surface area contributed by atoms with Crippen LogP contribution in [0.25, 0.3) is 0 Å². The smallest absolute Gasteiger partial charge is 0.321 e. The second-order valence-corrected chi connectivity index (χ2v) is 7.15. The van der Waals surface area contributed by atoms with Gasteiger partial charge in [-0.2, -0.15) is 0 Å². The van der Waals surface area contributed by atoms with Crippen LogP contribution < -0.4 is 5.32 Å². The van der Waals surface area contributed by atoms with Gasteiger partial charge in [-0.25, -0.2) is 4.79 Å². The van der Waals surface area contributed by atoms with Crippen LogP contribution in [0.4, 0.5) is 10.5 Å². The van der Waals surface area contributed by atoms with Crippen molar-refractivity contribution in [3.63, 3.8) is 0 Å². The highest BCUT2D eigenvalue weighted by Crippen LogP contribution is 2.20. The first-order valence-electron chi connectivity index (χ1n) is 8.85. The third kappa shape index (κ3) is 4.64. The molecule has 0 aliphatic carbocycles. The molecular formula is C18H25ClN4O2. The number of benzene rings is 1. The van der Waals surface area contributed by atoms with Crippen molar-refractivity contribution < 1.29 is 9.59 Å². The largest absolute Gasteiger partial charge is 0.342 e. The van der Waals surface area contributed by atoms with Gasteiger partial charge in [-0.15, -0.1) is 0 Å². The summed E-state index contributed by atoms with van der Waals surface area (Å²) in [5.41, 5.74) is 1.68. The molecule has 0 radical (unpaired) electrons. The Morgan fingerprint density at radius 1 is 1.04 bits per heavy atom. The third-order valence-corrected chi connectivity index (χ3v) is 5.31. The molecule has 1 N–H and O–H groups in total. The van der Waals surface area contributed by atoms with E-state index in [2.05, 4.69) is 10.2 Å². The van der Waals surface area contributed by atoms with Gasteiger partial charge in [0, 0.05) is 50.0 Å². The van der Waals surface area contributed by atoms with Crippen molar-refractivity contribution in [3.8, 4) is 0 Å². The van der Waals surface area contributed by atoms with E-state index in [9.17, 15) is 9.59 Å². The van der Waals surface area contributed by atoms with E-state index in [4.69, 9.17) is 11.6 Å². The first kappa shape index (κ1) is 18.0. The molecule has 3 amide bonds. The summed E-state index contributed by atoms with van der Waals surface area (Å²) in [6.07, 6.45) is 2.23. The lowest BCUT2D eigenvalue weighted by Gasteiger charge is -2.35. The molecule has 7 heteroatoms. The van der Waals surface area contributed by atoms with Crippen LogP contribution in [0.5, 0.6) is 0 Å². The lowest BCUT2D eigenvalue weighted by atomic mass is 10.2. The number of carbonyl (C=O) groups is 2. The SMILES string of the molecule is Cc1ccc(NC(=O)N2CCN(CC(=O)N3CCCC3)CC2)cc1Cl. The van der Waals surface area contributed by atoms with Crippen molar-refractivity contribution in [2.24, 2.45) is 0 Å². The molecule has 2 saturated heterocycles. The average molecular weight is 365 g/mol. The number of amides is 3. The Bertz CT molecular complexity index is 638. The van der Waals surface area contributed by atoms with Crippen LogP contribution >= 0.6 is 11.6 Å². The third-order valence-electron chi connectivity index (χ3n) is 4.90. The first-order chi connectivity index (χ1) is 12.0. The van der Waals surface area contributed by atoms with Gasteiger partial charge < -0.3 is 15.1 Å². The zero-order valence-electron chi connectivity index (χ0n) is 14.6. The maximum atomic E-state index is 12.4. The lowest BCUT2D eigenvalue weighted by Crippen LogP contribution is -2.52. The number of nitrogens with zero attached hydrogens (tertiary/aromatic N) is 3. The summed E-state index contributed by atoms with van der Waals surface area (Å²) in [5, 5.41) is 3.53. The molecular weight excluding hydrogens is 340 g/mol. The summed E-state index contributed by atoms with van der Waals surface area (Å²) in [7, 11) is 0. The van der Waals surface area contributed by atoms with Crippen LogP contribution in [0.1, 0.15) is 18.4 Å². The standard InChI is InChI=1S/C18H25ClN4O2/c1-14-4-5-15(12-16(14)19)20-18(25)23-10-8-21(9-11-23)13-17(24)22-6-2-3-7-22/h4-5,12H,2-3,6-11,13H2,1H3,(H,20,25). The Labute approximate surface area is 153 Å². The van der Waals surface area contributed by atoms with Gasteiger partial charge in [0.05, 0.1) is 6.54 Å². The van der Waals surface area contributed by atoms with Gasteiger partial charge >= 0.3 is 6.03 Å². The summed E-state index contributed by atoms with van der Waals surface area (Å²) in [5.74, 6) is 0.213. The Hall–Kier alpha value is -1.79. The van der Waals surface area contributed by atoms with Crippen LogP contribution in [-0.2, 0) is 4.79 Å². The van der Waals surface area contributed by atoms with E-state index < -0.39 is 0 Å². The number of piperazine rings is 1. The zero-order valence-corrected chi connectivity index (χ0v) is 15.4. The summed E-state index contributed by atoms with van der Waals surface area (Å²) < 4.78 is 0. The highest BCUT2D eigenvalue weighted by atomic mass is 35.5. The highest BCUT2D eigenvalue weighted by Gasteiger charge is 2.25. The minimum Gasteiger partial charge on any atom is -0.342 e. The molecule has 0 spiro atoms. The van der Waals surface area contributed by atoms with Gasteiger partial charge in [0.25, 0.3) is 0 Å². The Morgan fingerprint density at radius 2 is 1.72 bits per heavy atom. The van der Waals surface area contributed by atoms with E-state index in [0.717, 1.165) is 44.6 Å². The van der Waals surface area contributed by atoms with E-state index >= 15 is 0 Å². The van der Waals surface area contributed by atoms with E-state index in [1.165, 1.54) is 0 Å². The van der Waals surface area contributed by atoms with Gasteiger partial charge in [-0.3, -0.25) is 9.69 Å². The molecule has 2 aliphatic heterocycles. The summed E-state index contributed by atoms with van der Waals surface area (Å²) in [6, 6.07) is 5.38. The predicted octanol–water partition coefficient (Wildman–Crippen LogP) is 2.42. The number of carbonyl (C=O) groups excluding carboxylic acids is 2. The van der Waals surface area contributed by atoms with Crippen molar-refractivity contribution in [1.82, 2.24) is 14.7 Å². The monoisotopic (exact) mass is 364 g/mol. The summed E-state index contributed by atoms with van der Waals surface area (Å²) in [6.45, 7) is 6.86. The molecule has 136 valence electrons. The molecule has 6 nitrogen and oxygen atoms in total. The van der Waals surface area contributed by atoms with Crippen LogP contribution in [0.3, 0.4) is 0 Å². The maximum Gasteiger partial charge on any atom is 0.321 e. The Kier molecular flexibility index (Phi) is 5.81. The van der Waals surface area contributed by atoms with Crippen LogP contribution in [-0.4, -0.2) is 72.5 Å². The Balaban J connectivity index is 1.45. The topological polar surface area (TPSA) is 55.9 Å². The number of anilines is 1. The van der Waals surface area contributed by atoms with Gasteiger partial charge in [-0.05, 0) is 37.5 Å². The molecule has 0 saturated carbocycles. The number of halogens is 1. The quantitative estimate of drug-likeness (QED) is 0.896. The van der Waals surface area contributed by atoms with E-state index in [0.29, 0.717) is 30.3 Å². The molecule has 25 heavy (non-hydrogen) atoms. The van der Waals surface area contributed by atoms with Gasteiger partial charge in [0.1, 0.15) is 0 Å². The van der Waals surface area contributed by atoms with Crippen molar-refractivity contribution in [1.29, 1.82) is 0 Å². The second-order valence-electron chi connectivity index (χ2n) is 6.75. The number of aryl methyl sites for hydroxylation is 1. The minimum absolute atomic E-state index is 0.120. The van der Waals surface area contributed by atoms with Gasteiger partial charge in [0.15, 0.2) is 0 Å². The highest BCUT2D eigenvalue weighted by molar-refractivity contribution is 6.31.